The monoisotopic (exact) mass is 380 g/mol. The summed E-state index contributed by atoms with van der Waals surface area (Å²) in [5, 5.41) is 11.8. The maximum Gasteiger partial charge on any atom is 0.409 e. The minimum atomic E-state index is -0.862. The lowest BCUT2D eigenvalue weighted by Crippen LogP contribution is -2.46. The fraction of sp³-hybridized carbons (Fsp3) is 0.364. The number of hydrogen-bond donors (Lipinski definition) is 2. The first-order valence-electron chi connectivity index (χ1n) is 9.68. The van der Waals surface area contributed by atoms with Gasteiger partial charge in [0.15, 0.2) is 0 Å². The molecule has 146 valence electrons. The van der Waals surface area contributed by atoms with Gasteiger partial charge in [-0.15, -0.1) is 0 Å². The smallest absolute Gasteiger partial charge is 0.409 e. The van der Waals surface area contributed by atoms with Crippen LogP contribution in [0.1, 0.15) is 29.9 Å². The third kappa shape index (κ3) is 3.73. The highest BCUT2D eigenvalue weighted by molar-refractivity contribution is 5.79. The fourth-order valence-electron chi connectivity index (χ4n) is 4.18. The summed E-state index contributed by atoms with van der Waals surface area (Å²) in [6.07, 6.45) is 1.17. The van der Waals surface area contributed by atoms with Crippen LogP contribution >= 0.6 is 0 Å². The number of nitrogens with zero attached hydrogens (tertiary/aromatic N) is 1. The normalized spacial score (nSPS) is 16.5. The molecule has 1 aliphatic heterocycles. The summed E-state index contributed by atoms with van der Waals surface area (Å²) in [6, 6.07) is 16.7. The lowest BCUT2D eigenvalue weighted by molar-refractivity contribution is -0.136. The number of rotatable bonds is 5. The van der Waals surface area contributed by atoms with Crippen molar-refractivity contribution in [2.75, 3.05) is 26.2 Å². The van der Waals surface area contributed by atoms with Gasteiger partial charge in [0.05, 0.1) is 6.54 Å². The molecule has 0 spiro atoms. The molecule has 4 rings (SSSR count). The Morgan fingerprint density at radius 1 is 1.00 bits per heavy atom. The van der Waals surface area contributed by atoms with Gasteiger partial charge in [-0.3, -0.25) is 4.79 Å². The van der Waals surface area contributed by atoms with Gasteiger partial charge in [-0.25, -0.2) is 4.79 Å². The fourth-order valence-corrected chi connectivity index (χ4v) is 4.18. The van der Waals surface area contributed by atoms with Crippen LogP contribution in [0.3, 0.4) is 0 Å². The van der Waals surface area contributed by atoms with Crippen molar-refractivity contribution in [1.29, 1.82) is 0 Å². The Hall–Kier alpha value is -2.86. The van der Waals surface area contributed by atoms with Crippen LogP contribution in [-0.4, -0.2) is 54.4 Å². The summed E-state index contributed by atoms with van der Waals surface area (Å²) < 4.78 is 5.69. The molecule has 1 amide bonds. The van der Waals surface area contributed by atoms with Gasteiger partial charge in [0.1, 0.15) is 6.61 Å². The number of carbonyl (C=O) groups is 2. The van der Waals surface area contributed by atoms with Crippen LogP contribution in [0.5, 0.6) is 0 Å². The summed E-state index contributed by atoms with van der Waals surface area (Å²) >= 11 is 0. The molecule has 2 aromatic rings. The highest BCUT2D eigenvalue weighted by atomic mass is 16.6. The van der Waals surface area contributed by atoms with E-state index in [1.807, 2.05) is 24.3 Å². The molecule has 0 saturated carbocycles. The molecule has 0 bridgehead atoms. The molecule has 0 atom stereocenters. The van der Waals surface area contributed by atoms with E-state index in [1.54, 1.807) is 4.90 Å². The van der Waals surface area contributed by atoms with E-state index in [1.165, 1.54) is 22.3 Å². The largest absolute Gasteiger partial charge is 0.480 e. The topological polar surface area (TPSA) is 78.9 Å². The molecule has 0 radical (unpaired) electrons. The molecule has 28 heavy (non-hydrogen) atoms. The second-order valence-corrected chi connectivity index (χ2v) is 7.34. The van der Waals surface area contributed by atoms with Crippen molar-refractivity contribution in [3.8, 4) is 11.1 Å². The van der Waals surface area contributed by atoms with Crippen molar-refractivity contribution in [2.24, 2.45) is 0 Å². The van der Waals surface area contributed by atoms with E-state index >= 15 is 0 Å². The van der Waals surface area contributed by atoms with Gasteiger partial charge in [-0.05, 0) is 35.1 Å². The zero-order chi connectivity index (χ0) is 19.5. The molecule has 2 aliphatic rings. The van der Waals surface area contributed by atoms with Crippen LogP contribution < -0.4 is 5.32 Å². The minimum absolute atomic E-state index is 0.0460. The van der Waals surface area contributed by atoms with Crippen LogP contribution in [0.4, 0.5) is 4.79 Å². The lowest BCUT2D eigenvalue weighted by Gasteiger charge is -2.31. The Bertz CT molecular complexity index is 829. The molecule has 6 nitrogen and oxygen atoms in total. The molecule has 1 saturated heterocycles. The van der Waals surface area contributed by atoms with E-state index in [2.05, 4.69) is 29.6 Å². The molecule has 1 heterocycles. The lowest BCUT2D eigenvalue weighted by atomic mass is 9.98. The predicted octanol–water partition coefficient (Wildman–Crippen LogP) is 3.07. The summed E-state index contributed by atoms with van der Waals surface area (Å²) in [7, 11) is 0. The highest BCUT2D eigenvalue weighted by Gasteiger charge is 2.30. The van der Waals surface area contributed by atoms with Gasteiger partial charge in [0, 0.05) is 25.0 Å². The minimum Gasteiger partial charge on any atom is -0.480 e. The Labute approximate surface area is 164 Å². The molecule has 0 aromatic heterocycles. The summed E-state index contributed by atoms with van der Waals surface area (Å²) in [5.74, 6) is -0.801. The zero-order valence-electron chi connectivity index (χ0n) is 15.6. The third-order valence-electron chi connectivity index (χ3n) is 5.63. The van der Waals surface area contributed by atoms with Gasteiger partial charge >= 0.3 is 12.1 Å². The number of fused-ring (bicyclic) bond motifs is 3. The first-order valence-corrected chi connectivity index (χ1v) is 9.68. The van der Waals surface area contributed by atoms with Crippen LogP contribution in [0.25, 0.3) is 11.1 Å². The van der Waals surface area contributed by atoms with Crippen molar-refractivity contribution in [2.45, 2.75) is 24.8 Å². The molecule has 1 fully saturated rings. The van der Waals surface area contributed by atoms with Gasteiger partial charge in [0.2, 0.25) is 0 Å². The number of ether oxygens (including phenoxy) is 1. The maximum atomic E-state index is 12.5. The highest BCUT2D eigenvalue weighted by Crippen LogP contribution is 2.44. The zero-order valence-corrected chi connectivity index (χ0v) is 15.6. The molecular formula is C22H24N2O4. The Morgan fingerprint density at radius 3 is 2.14 bits per heavy atom. The summed E-state index contributed by atoms with van der Waals surface area (Å²) in [6.45, 7) is 1.43. The van der Waals surface area contributed by atoms with E-state index in [-0.39, 0.29) is 24.6 Å². The maximum absolute atomic E-state index is 12.5. The van der Waals surface area contributed by atoms with Crippen molar-refractivity contribution in [3.63, 3.8) is 0 Å². The average molecular weight is 380 g/mol. The number of amides is 1. The van der Waals surface area contributed by atoms with Crippen molar-refractivity contribution in [1.82, 2.24) is 10.2 Å². The van der Waals surface area contributed by atoms with Crippen LogP contribution in [0.15, 0.2) is 48.5 Å². The van der Waals surface area contributed by atoms with Crippen molar-refractivity contribution in [3.05, 3.63) is 59.7 Å². The molecule has 6 heteroatoms. The van der Waals surface area contributed by atoms with E-state index in [9.17, 15) is 9.59 Å². The molecule has 2 aromatic carbocycles. The van der Waals surface area contributed by atoms with E-state index in [4.69, 9.17) is 9.84 Å². The van der Waals surface area contributed by atoms with Gasteiger partial charge in [0.25, 0.3) is 0 Å². The number of piperidine rings is 1. The number of nitrogens with one attached hydrogen (secondary N) is 1. The number of carbonyl (C=O) groups excluding carboxylic acids is 1. The van der Waals surface area contributed by atoms with Crippen LogP contribution in [0, 0.1) is 0 Å². The van der Waals surface area contributed by atoms with Crippen LogP contribution in [-0.2, 0) is 9.53 Å². The first kappa shape index (κ1) is 18.5. The second kappa shape index (κ2) is 8.02. The Morgan fingerprint density at radius 2 is 1.57 bits per heavy atom. The van der Waals surface area contributed by atoms with Gasteiger partial charge in [-0.2, -0.15) is 0 Å². The summed E-state index contributed by atoms with van der Waals surface area (Å²) in [5.41, 5.74) is 4.83. The molecular weight excluding hydrogens is 356 g/mol. The molecule has 1 aliphatic carbocycles. The Kier molecular flexibility index (Phi) is 5.30. The molecule has 0 unspecified atom stereocenters. The average Bonchev–Trinajstić information content (AvgIpc) is 3.05. The number of carboxylic acid groups (broad SMARTS) is 1. The number of benzene rings is 2. The van der Waals surface area contributed by atoms with E-state index < -0.39 is 5.97 Å². The predicted molar refractivity (Wildman–Crippen MR) is 105 cm³/mol. The van der Waals surface area contributed by atoms with Crippen LogP contribution in [0.2, 0.25) is 0 Å². The van der Waals surface area contributed by atoms with E-state index in [0.29, 0.717) is 19.7 Å². The number of likely N-dealkylation sites (tertiary alicyclic amines) is 1. The third-order valence-corrected chi connectivity index (χ3v) is 5.63. The van der Waals surface area contributed by atoms with Crippen molar-refractivity contribution < 1.29 is 19.4 Å². The van der Waals surface area contributed by atoms with E-state index in [0.717, 1.165) is 12.8 Å². The molecule has 2 N–H and O–H groups in total. The standard InChI is InChI=1S/C22H24N2O4/c25-21(26)13-23-15-9-11-24(12-10-15)22(27)28-14-20-18-7-3-1-5-16(18)17-6-2-4-8-19(17)20/h1-8,15,20,23H,9-14H2,(H,25,26). The number of carboxylic acids is 1. The van der Waals surface area contributed by atoms with Crippen molar-refractivity contribution >= 4 is 12.1 Å². The van der Waals surface area contributed by atoms with Gasteiger partial charge < -0.3 is 20.1 Å². The number of hydrogen-bond acceptors (Lipinski definition) is 4. The first-order chi connectivity index (χ1) is 13.6. The van der Waals surface area contributed by atoms with Gasteiger partial charge in [-0.1, -0.05) is 48.5 Å². The quantitative estimate of drug-likeness (QED) is 0.833. The second-order valence-electron chi connectivity index (χ2n) is 7.34. The number of aliphatic carboxylic acids is 1. The summed E-state index contributed by atoms with van der Waals surface area (Å²) in [4.78, 5) is 24.9. The SMILES string of the molecule is O=C(O)CNC1CCN(C(=O)OCC2c3ccccc3-c3ccccc32)CC1. The Balaban J connectivity index is 1.35.